The zero-order valence-corrected chi connectivity index (χ0v) is 17.6. The number of aromatic nitrogens is 1. The summed E-state index contributed by atoms with van der Waals surface area (Å²) >= 11 is 0. The number of aromatic amines is 1. The van der Waals surface area contributed by atoms with Crippen LogP contribution in [-0.4, -0.2) is 58.8 Å². The second kappa shape index (κ2) is 8.42. The second-order valence-electron chi connectivity index (χ2n) is 9.24. The highest BCUT2D eigenvalue weighted by atomic mass is 16.2. The Hall–Kier alpha value is -2.34. The van der Waals surface area contributed by atoms with Gasteiger partial charge in [-0.15, -0.1) is 0 Å². The van der Waals surface area contributed by atoms with Crippen molar-refractivity contribution >= 4 is 22.7 Å². The molecule has 2 saturated heterocycles. The Labute approximate surface area is 178 Å². The molecule has 6 nitrogen and oxygen atoms in total. The van der Waals surface area contributed by atoms with Gasteiger partial charge in [-0.05, 0) is 62.8 Å². The summed E-state index contributed by atoms with van der Waals surface area (Å²) in [6, 6.07) is 8.75. The molecular weight excluding hydrogens is 376 g/mol. The zero-order valence-electron chi connectivity index (χ0n) is 17.6. The highest BCUT2D eigenvalue weighted by molar-refractivity contribution is 5.84. The molecule has 1 saturated carbocycles. The van der Waals surface area contributed by atoms with E-state index >= 15 is 0 Å². The summed E-state index contributed by atoms with van der Waals surface area (Å²) in [6.45, 7) is 4.27. The van der Waals surface area contributed by atoms with Crippen molar-refractivity contribution in [1.29, 1.82) is 0 Å². The molecule has 30 heavy (non-hydrogen) atoms. The summed E-state index contributed by atoms with van der Waals surface area (Å²) in [7, 11) is 0. The van der Waals surface area contributed by atoms with Gasteiger partial charge in [0.15, 0.2) is 0 Å². The Balaban J connectivity index is 1.13. The fourth-order valence-corrected chi connectivity index (χ4v) is 5.22. The molecule has 1 aliphatic carbocycles. The monoisotopic (exact) mass is 408 g/mol. The number of amides is 2. The van der Waals surface area contributed by atoms with E-state index in [2.05, 4.69) is 38.3 Å². The first-order valence-electron chi connectivity index (χ1n) is 11.5. The first-order valence-corrected chi connectivity index (χ1v) is 11.5. The van der Waals surface area contributed by atoms with E-state index in [1.807, 2.05) is 12.3 Å². The second-order valence-corrected chi connectivity index (χ2v) is 9.24. The Morgan fingerprint density at radius 2 is 1.83 bits per heavy atom. The molecule has 3 fully saturated rings. The number of piperidine rings is 2. The van der Waals surface area contributed by atoms with Crippen LogP contribution in [0.5, 0.6) is 0 Å². The largest absolute Gasteiger partial charge is 0.361 e. The summed E-state index contributed by atoms with van der Waals surface area (Å²) < 4.78 is 0. The molecular formula is C24H32N4O2. The molecule has 160 valence electrons. The van der Waals surface area contributed by atoms with Gasteiger partial charge in [0.2, 0.25) is 11.8 Å². The minimum atomic E-state index is 0.0651. The fraction of sp³-hybridized carbons (Fsp3) is 0.583. The minimum absolute atomic E-state index is 0.0651. The Morgan fingerprint density at radius 3 is 2.63 bits per heavy atom. The van der Waals surface area contributed by atoms with Crippen molar-refractivity contribution in [3.05, 3.63) is 36.0 Å². The number of benzene rings is 1. The number of carbonyl (C=O) groups excluding carboxylic acids is 2. The third-order valence-electron chi connectivity index (χ3n) is 7.18. The van der Waals surface area contributed by atoms with E-state index in [4.69, 9.17) is 0 Å². The van der Waals surface area contributed by atoms with Gasteiger partial charge in [0.05, 0.1) is 5.92 Å². The standard InChI is InChI=1S/C24H32N4O2/c29-23(26-15-18-3-1-5-22-21(18)8-11-25-22)19-4-2-12-28(16-19)20-9-13-27(14-10-20)24(30)17-6-7-17/h1,3,5,8,11,17,19-20,25H,2,4,6-7,9-10,12-16H2,(H,26,29)/t19-/m1/s1. The number of fused-ring (bicyclic) bond motifs is 1. The van der Waals surface area contributed by atoms with E-state index in [1.54, 1.807) is 0 Å². The van der Waals surface area contributed by atoms with Crippen molar-refractivity contribution in [2.24, 2.45) is 11.8 Å². The van der Waals surface area contributed by atoms with E-state index in [9.17, 15) is 9.59 Å². The molecule has 2 aliphatic heterocycles. The molecule has 1 aromatic heterocycles. The lowest BCUT2D eigenvalue weighted by atomic mass is 9.93. The third-order valence-corrected chi connectivity index (χ3v) is 7.18. The van der Waals surface area contributed by atoms with E-state index in [1.165, 1.54) is 5.39 Å². The number of nitrogens with zero attached hydrogens (tertiary/aromatic N) is 2. The summed E-state index contributed by atoms with van der Waals surface area (Å²) in [5.74, 6) is 0.937. The van der Waals surface area contributed by atoms with E-state index in [0.29, 0.717) is 24.4 Å². The lowest BCUT2D eigenvalue weighted by molar-refractivity contribution is -0.134. The Bertz CT molecular complexity index is 911. The van der Waals surface area contributed by atoms with E-state index < -0.39 is 0 Å². The Morgan fingerprint density at radius 1 is 1.00 bits per heavy atom. The predicted molar refractivity (Wildman–Crippen MR) is 117 cm³/mol. The van der Waals surface area contributed by atoms with Crippen LogP contribution in [0.1, 0.15) is 44.1 Å². The fourth-order valence-electron chi connectivity index (χ4n) is 5.22. The normalized spacial score (nSPS) is 23.6. The molecule has 6 heteroatoms. The highest BCUT2D eigenvalue weighted by Gasteiger charge is 2.37. The SMILES string of the molecule is O=C(NCc1cccc2[nH]ccc12)[C@@H]1CCCN(C2CCN(C(=O)C3CC3)CC2)C1. The summed E-state index contributed by atoms with van der Waals surface area (Å²) in [4.78, 5) is 33.0. The number of hydrogen-bond donors (Lipinski definition) is 2. The molecule has 0 unspecified atom stereocenters. The molecule has 5 rings (SSSR count). The summed E-state index contributed by atoms with van der Waals surface area (Å²) in [5, 5.41) is 4.36. The van der Waals surface area contributed by atoms with Gasteiger partial charge in [-0.3, -0.25) is 14.5 Å². The first kappa shape index (κ1) is 19.6. The highest BCUT2D eigenvalue weighted by Crippen LogP contribution is 2.32. The van der Waals surface area contributed by atoms with Crippen LogP contribution in [0.2, 0.25) is 0 Å². The van der Waals surface area contributed by atoms with Gasteiger partial charge in [-0.25, -0.2) is 0 Å². The number of likely N-dealkylation sites (tertiary alicyclic amines) is 2. The maximum absolute atomic E-state index is 12.9. The number of carbonyl (C=O) groups is 2. The first-order chi connectivity index (χ1) is 14.7. The Kier molecular flexibility index (Phi) is 5.50. The lowest BCUT2D eigenvalue weighted by Gasteiger charge is -2.42. The number of nitrogens with one attached hydrogen (secondary N) is 2. The van der Waals surface area contributed by atoms with Crippen LogP contribution in [0.15, 0.2) is 30.5 Å². The van der Waals surface area contributed by atoms with Crippen LogP contribution in [0.4, 0.5) is 0 Å². The molecule has 1 aromatic carbocycles. The quantitative estimate of drug-likeness (QED) is 0.799. The van der Waals surface area contributed by atoms with Crippen molar-refractivity contribution in [1.82, 2.24) is 20.1 Å². The predicted octanol–water partition coefficient (Wildman–Crippen LogP) is 2.90. The van der Waals surface area contributed by atoms with Gasteiger partial charge in [0.1, 0.15) is 0 Å². The molecule has 0 radical (unpaired) electrons. The minimum Gasteiger partial charge on any atom is -0.361 e. The number of H-pyrrole nitrogens is 1. The van der Waals surface area contributed by atoms with Crippen molar-refractivity contribution in [2.75, 3.05) is 26.2 Å². The molecule has 2 amide bonds. The van der Waals surface area contributed by atoms with Crippen LogP contribution in [0, 0.1) is 11.8 Å². The summed E-state index contributed by atoms with van der Waals surface area (Å²) in [6.07, 6.45) is 8.24. The molecule has 2 aromatic rings. The van der Waals surface area contributed by atoms with Gasteiger partial charge < -0.3 is 15.2 Å². The molecule has 1 atom stereocenters. The number of rotatable bonds is 5. The van der Waals surface area contributed by atoms with Crippen LogP contribution in [0.25, 0.3) is 10.9 Å². The number of hydrogen-bond acceptors (Lipinski definition) is 3. The maximum atomic E-state index is 12.9. The third kappa shape index (κ3) is 4.10. The average molecular weight is 409 g/mol. The molecule has 3 heterocycles. The van der Waals surface area contributed by atoms with Gasteiger partial charge >= 0.3 is 0 Å². The summed E-state index contributed by atoms with van der Waals surface area (Å²) in [5.41, 5.74) is 2.26. The molecule has 2 N–H and O–H groups in total. The molecule has 0 bridgehead atoms. The van der Waals surface area contributed by atoms with Gasteiger partial charge in [-0.1, -0.05) is 12.1 Å². The smallest absolute Gasteiger partial charge is 0.225 e. The topological polar surface area (TPSA) is 68.4 Å². The van der Waals surface area contributed by atoms with Gasteiger partial charge in [0, 0.05) is 55.2 Å². The van der Waals surface area contributed by atoms with Gasteiger partial charge in [0.25, 0.3) is 0 Å². The van der Waals surface area contributed by atoms with Crippen LogP contribution in [-0.2, 0) is 16.1 Å². The molecule has 3 aliphatic rings. The zero-order chi connectivity index (χ0) is 20.5. The van der Waals surface area contributed by atoms with Crippen molar-refractivity contribution in [3.8, 4) is 0 Å². The van der Waals surface area contributed by atoms with Crippen molar-refractivity contribution in [2.45, 2.75) is 51.1 Å². The van der Waals surface area contributed by atoms with E-state index in [-0.39, 0.29) is 11.8 Å². The van der Waals surface area contributed by atoms with Crippen LogP contribution >= 0.6 is 0 Å². The van der Waals surface area contributed by atoms with E-state index in [0.717, 1.165) is 75.8 Å². The maximum Gasteiger partial charge on any atom is 0.225 e. The van der Waals surface area contributed by atoms with Gasteiger partial charge in [-0.2, -0.15) is 0 Å². The molecule has 0 spiro atoms. The lowest BCUT2D eigenvalue weighted by Crippen LogP contribution is -2.51. The van der Waals surface area contributed by atoms with Crippen molar-refractivity contribution < 1.29 is 9.59 Å². The van der Waals surface area contributed by atoms with Crippen molar-refractivity contribution in [3.63, 3.8) is 0 Å². The average Bonchev–Trinajstić information content (AvgIpc) is 3.53. The van der Waals surface area contributed by atoms with Crippen LogP contribution in [0.3, 0.4) is 0 Å². The van der Waals surface area contributed by atoms with Crippen LogP contribution < -0.4 is 5.32 Å².